The van der Waals surface area contributed by atoms with Crippen LogP contribution in [-0.4, -0.2) is 28.1 Å². The van der Waals surface area contributed by atoms with Gasteiger partial charge in [-0.15, -0.1) is 0 Å². The molecule has 0 saturated carbocycles. The number of hydrogen-bond donors (Lipinski definition) is 1. The van der Waals surface area contributed by atoms with Crippen LogP contribution in [0, 0.1) is 0 Å². The smallest absolute Gasteiger partial charge is 0.332 e. The van der Waals surface area contributed by atoms with E-state index in [-0.39, 0.29) is 17.1 Å². The van der Waals surface area contributed by atoms with Crippen LogP contribution < -0.4 is 26.0 Å². The van der Waals surface area contributed by atoms with E-state index < -0.39 is 17.0 Å². The highest BCUT2D eigenvalue weighted by atomic mass is 16.6. The number of nitrogens with one attached hydrogen (secondary N) is 1. The van der Waals surface area contributed by atoms with Gasteiger partial charge in [-0.05, 0) is 30.2 Å². The van der Waals surface area contributed by atoms with Crippen LogP contribution in [0.1, 0.15) is 29.3 Å². The average molecular weight is 369 g/mol. The summed E-state index contributed by atoms with van der Waals surface area (Å²) in [5, 5.41) is 2.96. The third-order valence-corrected chi connectivity index (χ3v) is 4.59. The number of allylic oxidation sites excluding steroid dienone is 1. The third kappa shape index (κ3) is 2.73. The summed E-state index contributed by atoms with van der Waals surface area (Å²) in [6, 6.07) is 5.35. The maximum atomic E-state index is 12.8. The van der Waals surface area contributed by atoms with Crippen LogP contribution in [0.4, 0.5) is 5.82 Å². The Bertz CT molecular complexity index is 1090. The summed E-state index contributed by atoms with van der Waals surface area (Å²) in [5.74, 6) is 1.10. The first kappa shape index (κ1) is 17.1. The summed E-state index contributed by atoms with van der Waals surface area (Å²) in [4.78, 5) is 37.7. The number of Topliss-reactive ketones (excluding diaryl/α,β-unsaturated/α-hetero) is 1. The van der Waals surface area contributed by atoms with Crippen molar-refractivity contribution >= 4 is 17.7 Å². The Kier molecular flexibility index (Phi) is 4.10. The van der Waals surface area contributed by atoms with E-state index in [1.54, 1.807) is 24.3 Å². The summed E-state index contributed by atoms with van der Waals surface area (Å²) < 4.78 is 13.5. The Morgan fingerprint density at radius 1 is 1.15 bits per heavy atom. The Morgan fingerprint density at radius 2 is 1.89 bits per heavy atom. The first-order valence-corrected chi connectivity index (χ1v) is 8.78. The molecule has 0 radical (unpaired) electrons. The number of fused-ring (bicyclic) bond motifs is 2. The van der Waals surface area contributed by atoms with Gasteiger partial charge >= 0.3 is 5.69 Å². The highest BCUT2D eigenvalue weighted by Gasteiger charge is 2.32. The first-order valence-electron chi connectivity index (χ1n) is 8.78. The lowest BCUT2D eigenvalue weighted by atomic mass is 10.1. The van der Waals surface area contributed by atoms with Crippen molar-refractivity contribution in [1.29, 1.82) is 0 Å². The molecule has 0 amide bonds. The second-order valence-corrected chi connectivity index (χ2v) is 6.44. The van der Waals surface area contributed by atoms with Crippen molar-refractivity contribution in [2.24, 2.45) is 7.05 Å². The fourth-order valence-corrected chi connectivity index (χ4v) is 3.27. The average Bonchev–Trinajstić information content (AvgIpc) is 2.99. The lowest BCUT2D eigenvalue weighted by molar-refractivity contribution is 0.104. The number of carbonyl (C=O) groups excluding carboxylic acids is 1. The Hall–Kier alpha value is -3.29. The molecular formula is C19H19N3O5. The molecule has 1 N–H and O–H groups in total. The van der Waals surface area contributed by atoms with Crippen LogP contribution in [0.5, 0.6) is 11.5 Å². The lowest BCUT2D eigenvalue weighted by Gasteiger charge is -2.18. The Morgan fingerprint density at radius 3 is 2.63 bits per heavy atom. The summed E-state index contributed by atoms with van der Waals surface area (Å²) in [6.45, 7) is 3.30. The van der Waals surface area contributed by atoms with Gasteiger partial charge in [-0.3, -0.25) is 18.7 Å². The van der Waals surface area contributed by atoms with Gasteiger partial charge in [0.2, 0.25) is 5.78 Å². The SMILES string of the molecule is CCCn1c2c(c(=O)n(C)c1=O)C(=O)/C(=C/c1ccc3c(c1)OCCO3)N2. The number of benzene rings is 1. The molecule has 0 fully saturated rings. The first-order chi connectivity index (χ1) is 13.0. The molecule has 3 heterocycles. The van der Waals surface area contributed by atoms with Gasteiger partial charge < -0.3 is 14.8 Å². The predicted molar refractivity (Wildman–Crippen MR) is 99.6 cm³/mol. The monoisotopic (exact) mass is 369 g/mol. The molecule has 0 saturated heterocycles. The molecule has 0 atom stereocenters. The van der Waals surface area contributed by atoms with Crippen LogP contribution in [0.25, 0.3) is 6.08 Å². The molecule has 8 nitrogen and oxygen atoms in total. The van der Waals surface area contributed by atoms with Gasteiger partial charge in [0.05, 0.1) is 5.70 Å². The van der Waals surface area contributed by atoms with Gasteiger partial charge in [-0.2, -0.15) is 0 Å². The van der Waals surface area contributed by atoms with Crippen molar-refractivity contribution in [2.75, 3.05) is 18.5 Å². The van der Waals surface area contributed by atoms with E-state index in [4.69, 9.17) is 9.47 Å². The van der Waals surface area contributed by atoms with E-state index in [1.165, 1.54) is 11.6 Å². The van der Waals surface area contributed by atoms with E-state index in [2.05, 4.69) is 5.32 Å². The number of nitrogens with zero attached hydrogens (tertiary/aromatic N) is 2. The van der Waals surface area contributed by atoms with E-state index in [0.717, 1.165) is 10.1 Å². The number of rotatable bonds is 3. The minimum absolute atomic E-state index is 0.00524. The molecule has 0 bridgehead atoms. The van der Waals surface area contributed by atoms with E-state index in [9.17, 15) is 14.4 Å². The van der Waals surface area contributed by atoms with Crippen molar-refractivity contribution in [3.05, 3.63) is 55.9 Å². The molecule has 1 aromatic carbocycles. The molecule has 140 valence electrons. The maximum Gasteiger partial charge on any atom is 0.332 e. The van der Waals surface area contributed by atoms with Crippen LogP contribution in [0.15, 0.2) is 33.5 Å². The molecule has 1 aromatic heterocycles. The molecule has 2 aromatic rings. The second-order valence-electron chi connectivity index (χ2n) is 6.44. The van der Waals surface area contributed by atoms with Gasteiger partial charge in [0.25, 0.3) is 5.56 Å². The predicted octanol–water partition coefficient (Wildman–Crippen LogP) is 1.38. The van der Waals surface area contributed by atoms with Crippen LogP contribution >= 0.6 is 0 Å². The van der Waals surface area contributed by atoms with Crippen molar-refractivity contribution in [2.45, 2.75) is 19.9 Å². The van der Waals surface area contributed by atoms with Gasteiger partial charge in [-0.25, -0.2) is 4.79 Å². The number of anilines is 1. The maximum absolute atomic E-state index is 12.8. The van der Waals surface area contributed by atoms with Crippen molar-refractivity contribution in [1.82, 2.24) is 9.13 Å². The highest BCUT2D eigenvalue weighted by Crippen LogP contribution is 2.32. The zero-order chi connectivity index (χ0) is 19.1. The van der Waals surface area contributed by atoms with E-state index in [0.29, 0.717) is 37.7 Å². The minimum Gasteiger partial charge on any atom is -0.486 e. The second kappa shape index (κ2) is 6.46. The Labute approximate surface area is 154 Å². The van der Waals surface area contributed by atoms with Gasteiger partial charge in [0.1, 0.15) is 24.6 Å². The molecule has 0 spiro atoms. The van der Waals surface area contributed by atoms with Crippen LogP contribution in [-0.2, 0) is 13.6 Å². The molecule has 27 heavy (non-hydrogen) atoms. The summed E-state index contributed by atoms with van der Waals surface area (Å²) in [6.07, 6.45) is 2.34. The summed E-state index contributed by atoms with van der Waals surface area (Å²) in [7, 11) is 1.38. The zero-order valence-corrected chi connectivity index (χ0v) is 15.1. The molecule has 8 heteroatoms. The number of aromatic nitrogens is 2. The molecule has 2 aliphatic rings. The molecule has 2 aliphatic heterocycles. The van der Waals surface area contributed by atoms with Gasteiger partial charge in [0.15, 0.2) is 11.5 Å². The van der Waals surface area contributed by atoms with Crippen molar-refractivity contribution < 1.29 is 14.3 Å². The van der Waals surface area contributed by atoms with E-state index >= 15 is 0 Å². The fourth-order valence-electron chi connectivity index (χ4n) is 3.27. The fraction of sp³-hybridized carbons (Fsp3) is 0.316. The normalized spacial score (nSPS) is 16.4. The van der Waals surface area contributed by atoms with Gasteiger partial charge in [-0.1, -0.05) is 13.0 Å². The number of hydrogen-bond acceptors (Lipinski definition) is 6. The number of ether oxygens (including phenoxy) is 2. The van der Waals surface area contributed by atoms with Crippen molar-refractivity contribution in [3.63, 3.8) is 0 Å². The summed E-state index contributed by atoms with van der Waals surface area (Å²) >= 11 is 0. The summed E-state index contributed by atoms with van der Waals surface area (Å²) in [5.41, 5.74) is -0.0698. The van der Waals surface area contributed by atoms with E-state index in [1.807, 2.05) is 6.92 Å². The largest absolute Gasteiger partial charge is 0.486 e. The van der Waals surface area contributed by atoms with Gasteiger partial charge in [0, 0.05) is 13.6 Å². The lowest BCUT2D eigenvalue weighted by Crippen LogP contribution is -2.40. The van der Waals surface area contributed by atoms with Crippen molar-refractivity contribution in [3.8, 4) is 11.5 Å². The molecule has 4 rings (SSSR count). The number of carbonyl (C=O) groups is 1. The molecule has 0 unspecified atom stereocenters. The topological polar surface area (TPSA) is 91.6 Å². The number of ketones is 1. The standard InChI is InChI=1S/C19H19N3O5/c1-3-6-22-17-15(18(24)21(2)19(22)25)16(23)12(20-17)9-11-4-5-13-14(10-11)27-8-7-26-13/h4-5,9-10,20H,3,6-8H2,1-2H3/b12-9-. The van der Waals surface area contributed by atoms with Crippen LogP contribution in [0.3, 0.4) is 0 Å². The molecular weight excluding hydrogens is 350 g/mol. The quantitative estimate of drug-likeness (QED) is 0.822. The highest BCUT2D eigenvalue weighted by molar-refractivity contribution is 6.19. The minimum atomic E-state index is -0.592. The third-order valence-electron chi connectivity index (χ3n) is 4.59. The Balaban J connectivity index is 1.79. The zero-order valence-electron chi connectivity index (χ0n) is 15.1. The van der Waals surface area contributed by atoms with Crippen LogP contribution in [0.2, 0.25) is 0 Å². The molecule has 0 aliphatic carbocycles.